The summed E-state index contributed by atoms with van der Waals surface area (Å²) in [5.74, 6) is 2.28. The number of hydrogen-bond donors (Lipinski definition) is 0. The van der Waals surface area contributed by atoms with Crippen LogP contribution in [0.15, 0.2) is 30.3 Å². The van der Waals surface area contributed by atoms with E-state index in [1.165, 1.54) is 18.4 Å². The summed E-state index contributed by atoms with van der Waals surface area (Å²) in [4.78, 5) is 0. The van der Waals surface area contributed by atoms with Crippen molar-refractivity contribution in [3.8, 4) is 0 Å². The quantitative estimate of drug-likeness (QED) is 0.642. The van der Waals surface area contributed by atoms with E-state index in [2.05, 4.69) is 58.0 Å². The van der Waals surface area contributed by atoms with Gasteiger partial charge in [-0.3, -0.25) is 0 Å². The van der Waals surface area contributed by atoms with Crippen molar-refractivity contribution in [2.75, 3.05) is 0 Å². The lowest BCUT2D eigenvalue weighted by molar-refractivity contribution is 0.329. The van der Waals surface area contributed by atoms with Gasteiger partial charge in [0.25, 0.3) is 0 Å². The van der Waals surface area contributed by atoms with Crippen LogP contribution < -0.4 is 0 Å². The van der Waals surface area contributed by atoms with Crippen LogP contribution in [-0.2, 0) is 0 Å². The molecule has 0 fully saturated rings. The van der Waals surface area contributed by atoms with E-state index in [1.807, 2.05) is 0 Å². The zero-order valence-corrected chi connectivity index (χ0v) is 10.5. The van der Waals surface area contributed by atoms with Gasteiger partial charge in [-0.05, 0) is 23.3 Å². The van der Waals surface area contributed by atoms with Crippen LogP contribution in [-0.4, -0.2) is 0 Å². The molecule has 2 unspecified atom stereocenters. The van der Waals surface area contributed by atoms with Crippen molar-refractivity contribution in [2.45, 2.75) is 46.5 Å². The van der Waals surface area contributed by atoms with Crippen LogP contribution in [0.2, 0.25) is 0 Å². The van der Waals surface area contributed by atoms with Gasteiger partial charge in [0, 0.05) is 0 Å². The molecule has 0 aliphatic heterocycles. The Morgan fingerprint density at radius 2 is 1.33 bits per heavy atom. The minimum absolute atomic E-state index is 0.723. The topological polar surface area (TPSA) is 0 Å². The Hall–Kier alpha value is -0.780. The fourth-order valence-electron chi connectivity index (χ4n) is 2.40. The summed E-state index contributed by atoms with van der Waals surface area (Å²) in [7, 11) is 0. The van der Waals surface area contributed by atoms with Gasteiger partial charge in [0.05, 0.1) is 0 Å². The molecule has 15 heavy (non-hydrogen) atoms. The van der Waals surface area contributed by atoms with E-state index in [-0.39, 0.29) is 0 Å². The first kappa shape index (κ1) is 12.3. The van der Waals surface area contributed by atoms with Crippen molar-refractivity contribution < 1.29 is 0 Å². The van der Waals surface area contributed by atoms with Crippen molar-refractivity contribution >= 4 is 0 Å². The predicted octanol–water partition coefficient (Wildman–Crippen LogP) is 4.86. The normalized spacial score (nSPS) is 17.1. The third-order valence-electron chi connectivity index (χ3n) is 3.70. The molecule has 0 bridgehead atoms. The summed E-state index contributed by atoms with van der Waals surface area (Å²) in [5, 5.41) is 0. The minimum Gasteiger partial charge on any atom is -0.0651 e. The van der Waals surface area contributed by atoms with Crippen LogP contribution >= 0.6 is 0 Å². The highest BCUT2D eigenvalue weighted by atomic mass is 14.3. The molecule has 2 atom stereocenters. The van der Waals surface area contributed by atoms with Gasteiger partial charge in [-0.2, -0.15) is 0 Å². The second kappa shape index (κ2) is 5.95. The maximum absolute atomic E-state index is 2.38. The molecule has 0 aliphatic rings. The maximum Gasteiger partial charge on any atom is -0.0111 e. The Bertz CT molecular complexity index is 253. The molecular weight excluding hydrogens is 180 g/mol. The highest BCUT2D eigenvalue weighted by molar-refractivity contribution is 5.20. The lowest BCUT2D eigenvalue weighted by Gasteiger charge is -2.29. The molecule has 0 saturated heterocycles. The number of benzene rings is 1. The molecule has 1 rings (SSSR count). The van der Waals surface area contributed by atoms with Crippen molar-refractivity contribution in [3.63, 3.8) is 0 Å². The molecule has 84 valence electrons. The first-order valence-electron chi connectivity index (χ1n) is 6.25. The lowest BCUT2D eigenvalue weighted by Crippen LogP contribution is -2.16. The highest BCUT2D eigenvalue weighted by Crippen LogP contribution is 2.35. The molecule has 0 heterocycles. The molecule has 0 nitrogen and oxygen atoms in total. The largest absolute Gasteiger partial charge is 0.0651 e. The highest BCUT2D eigenvalue weighted by Gasteiger charge is 2.22. The van der Waals surface area contributed by atoms with Crippen LogP contribution in [0.25, 0.3) is 0 Å². The predicted molar refractivity (Wildman–Crippen MR) is 68.1 cm³/mol. The van der Waals surface area contributed by atoms with Gasteiger partial charge in [0.2, 0.25) is 0 Å². The lowest BCUT2D eigenvalue weighted by atomic mass is 9.76. The zero-order chi connectivity index (χ0) is 11.3. The van der Waals surface area contributed by atoms with E-state index in [9.17, 15) is 0 Å². The summed E-state index contributed by atoms with van der Waals surface area (Å²) in [6.45, 7) is 9.35. The smallest absolute Gasteiger partial charge is 0.0111 e. The van der Waals surface area contributed by atoms with Crippen LogP contribution in [0, 0.1) is 11.8 Å². The molecule has 0 N–H and O–H groups in total. The molecule has 0 spiro atoms. The second-order valence-electron chi connectivity index (χ2n) is 4.71. The molecule has 0 aromatic heterocycles. The van der Waals surface area contributed by atoms with Gasteiger partial charge in [-0.15, -0.1) is 0 Å². The molecule has 0 radical (unpaired) electrons. The molecule has 1 aromatic rings. The Labute approximate surface area is 94.7 Å². The van der Waals surface area contributed by atoms with Gasteiger partial charge in [0.1, 0.15) is 0 Å². The van der Waals surface area contributed by atoms with Crippen LogP contribution in [0.3, 0.4) is 0 Å². The summed E-state index contributed by atoms with van der Waals surface area (Å²) >= 11 is 0. The Morgan fingerprint density at radius 3 is 1.73 bits per heavy atom. The number of hydrogen-bond acceptors (Lipinski definition) is 0. The van der Waals surface area contributed by atoms with E-state index in [0.29, 0.717) is 0 Å². The van der Waals surface area contributed by atoms with E-state index >= 15 is 0 Å². The van der Waals surface area contributed by atoms with Crippen molar-refractivity contribution in [2.24, 2.45) is 11.8 Å². The third kappa shape index (κ3) is 3.09. The van der Waals surface area contributed by atoms with Gasteiger partial charge in [0.15, 0.2) is 0 Å². The first-order chi connectivity index (χ1) is 7.20. The molecule has 0 heteroatoms. The zero-order valence-electron chi connectivity index (χ0n) is 10.5. The van der Waals surface area contributed by atoms with Gasteiger partial charge in [-0.1, -0.05) is 70.9 Å². The minimum atomic E-state index is 0.723. The fourth-order valence-corrected chi connectivity index (χ4v) is 2.40. The average Bonchev–Trinajstić information content (AvgIpc) is 2.30. The summed E-state index contributed by atoms with van der Waals surface area (Å²) in [6.07, 6.45) is 2.54. The summed E-state index contributed by atoms with van der Waals surface area (Å²) in [5.41, 5.74) is 1.52. The Balaban J connectivity index is 2.91. The first-order valence-corrected chi connectivity index (χ1v) is 6.25. The van der Waals surface area contributed by atoms with Crippen molar-refractivity contribution in [1.29, 1.82) is 0 Å². The van der Waals surface area contributed by atoms with Crippen LogP contribution in [0.4, 0.5) is 0 Å². The SMILES string of the molecule is CCC(C)C(c1ccccc1)C(C)CC. The maximum atomic E-state index is 2.38. The Morgan fingerprint density at radius 1 is 0.867 bits per heavy atom. The van der Waals surface area contributed by atoms with Crippen molar-refractivity contribution in [1.82, 2.24) is 0 Å². The van der Waals surface area contributed by atoms with Crippen LogP contribution in [0.1, 0.15) is 52.0 Å². The Kier molecular flexibility index (Phi) is 4.87. The second-order valence-corrected chi connectivity index (χ2v) is 4.71. The molecule has 0 amide bonds. The van der Waals surface area contributed by atoms with Gasteiger partial charge < -0.3 is 0 Å². The average molecular weight is 204 g/mol. The van der Waals surface area contributed by atoms with Gasteiger partial charge in [-0.25, -0.2) is 0 Å². The fraction of sp³-hybridized carbons (Fsp3) is 0.600. The molecular formula is C15H24. The monoisotopic (exact) mass is 204 g/mol. The van der Waals surface area contributed by atoms with Crippen LogP contribution in [0.5, 0.6) is 0 Å². The summed E-state index contributed by atoms with van der Waals surface area (Å²) < 4.78 is 0. The van der Waals surface area contributed by atoms with Gasteiger partial charge >= 0.3 is 0 Å². The standard InChI is InChI=1S/C15H24/c1-5-12(3)15(13(4)6-2)14-10-8-7-9-11-14/h7-13,15H,5-6H2,1-4H3. The van der Waals surface area contributed by atoms with E-state index in [0.717, 1.165) is 17.8 Å². The number of rotatable bonds is 5. The van der Waals surface area contributed by atoms with E-state index < -0.39 is 0 Å². The third-order valence-corrected chi connectivity index (χ3v) is 3.70. The van der Waals surface area contributed by atoms with E-state index in [1.54, 1.807) is 0 Å². The van der Waals surface area contributed by atoms with E-state index in [4.69, 9.17) is 0 Å². The summed E-state index contributed by atoms with van der Waals surface area (Å²) in [6, 6.07) is 11.0. The molecule has 0 saturated carbocycles. The van der Waals surface area contributed by atoms with Crippen molar-refractivity contribution in [3.05, 3.63) is 35.9 Å². The molecule has 0 aliphatic carbocycles. The molecule has 1 aromatic carbocycles.